The first-order valence-corrected chi connectivity index (χ1v) is 14.4. The minimum absolute atomic E-state index is 0.190. The Bertz CT molecular complexity index is 1320. The lowest BCUT2D eigenvalue weighted by Gasteiger charge is -2.32. The van der Waals surface area contributed by atoms with Gasteiger partial charge in [0.2, 0.25) is 17.7 Å². The highest BCUT2D eigenvalue weighted by molar-refractivity contribution is 5.91. The Morgan fingerprint density at radius 3 is 2.12 bits per heavy atom. The number of benzene rings is 3. The van der Waals surface area contributed by atoms with Crippen LogP contribution in [0.3, 0.4) is 0 Å². The van der Waals surface area contributed by atoms with Crippen LogP contribution in [0.1, 0.15) is 69.7 Å². The van der Waals surface area contributed by atoms with Crippen molar-refractivity contribution >= 4 is 17.7 Å². The van der Waals surface area contributed by atoms with E-state index >= 15 is 0 Å². The van der Waals surface area contributed by atoms with Gasteiger partial charge in [0.05, 0.1) is 6.04 Å². The smallest absolute Gasteiger partial charge is 0.244 e. The third-order valence-electron chi connectivity index (χ3n) is 7.23. The lowest BCUT2D eigenvalue weighted by Crippen LogP contribution is -2.55. The molecule has 0 saturated heterocycles. The third-order valence-corrected chi connectivity index (χ3v) is 7.23. The fourth-order valence-electron chi connectivity index (χ4n) is 4.80. The van der Waals surface area contributed by atoms with Crippen molar-refractivity contribution in [1.29, 1.82) is 0 Å². The second-order valence-corrected chi connectivity index (χ2v) is 11.8. The number of ether oxygens (including phenoxy) is 1. The molecule has 0 aliphatic carbocycles. The summed E-state index contributed by atoms with van der Waals surface area (Å²) in [4.78, 5) is 38.9. The number of aryl methyl sites for hydroxylation is 2. The molecule has 0 aromatic heterocycles. The van der Waals surface area contributed by atoms with Crippen molar-refractivity contribution in [3.05, 3.63) is 95.6 Å². The molecular weight excluding hydrogens is 530 g/mol. The number of carbonyl (C=O) groups is 3. The molecule has 3 rings (SSSR count). The highest BCUT2D eigenvalue weighted by Gasteiger charge is 2.35. The predicted molar refractivity (Wildman–Crippen MR) is 163 cm³/mol. The summed E-state index contributed by atoms with van der Waals surface area (Å²) in [6, 6.07) is 24.1. The Labute approximate surface area is 248 Å². The van der Waals surface area contributed by atoms with Gasteiger partial charge in [-0.1, -0.05) is 81.4 Å². The topological polar surface area (TPSA) is 117 Å². The van der Waals surface area contributed by atoms with Gasteiger partial charge in [0.15, 0.2) is 0 Å². The number of hydroxylamine groups is 1. The summed E-state index contributed by atoms with van der Waals surface area (Å²) < 4.78 is 5.97. The molecule has 224 valence electrons. The summed E-state index contributed by atoms with van der Waals surface area (Å²) in [5, 5.41) is 15.0. The summed E-state index contributed by atoms with van der Waals surface area (Å²) in [6.45, 7) is 9.53. The van der Waals surface area contributed by atoms with Gasteiger partial charge in [0.25, 0.3) is 0 Å². The predicted octanol–water partition coefficient (Wildman–Crippen LogP) is 6.03. The van der Waals surface area contributed by atoms with E-state index in [9.17, 15) is 14.4 Å². The second-order valence-electron chi connectivity index (χ2n) is 11.8. The highest BCUT2D eigenvalue weighted by Crippen LogP contribution is 2.27. The molecule has 8 heteroatoms. The van der Waals surface area contributed by atoms with Crippen LogP contribution in [0.5, 0.6) is 11.5 Å². The van der Waals surface area contributed by atoms with E-state index in [2.05, 4.69) is 16.7 Å². The molecule has 3 amide bonds. The zero-order valence-corrected chi connectivity index (χ0v) is 25.1. The Kier molecular flexibility index (Phi) is 11.7. The fourth-order valence-corrected chi connectivity index (χ4v) is 4.80. The lowest BCUT2D eigenvalue weighted by molar-refractivity contribution is -0.137. The van der Waals surface area contributed by atoms with Gasteiger partial charge in [-0.3, -0.25) is 19.6 Å². The second kappa shape index (κ2) is 15.2. The number of amides is 3. The van der Waals surface area contributed by atoms with Crippen LogP contribution < -0.4 is 20.9 Å². The number of hydrogen-bond acceptors (Lipinski definition) is 5. The normalized spacial score (nSPS) is 13.4. The molecule has 3 aromatic carbocycles. The van der Waals surface area contributed by atoms with Gasteiger partial charge in [-0.25, -0.2) is 5.48 Å². The van der Waals surface area contributed by atoms with Gasteiger partial charge in [-0.15, -0.1) is 0 Å². The van der Waals surface area contributed by atoms with E-state index in [1.165, 1.54) is 0 Å². The van der Waals surface area contributed by atoms with E-state index < -0.39 is 29.2 Å². The maximum atomic E-state index is 13.5. The average Bonchev–Trinajstić information content (AvgIpc) is 2.96. The molecule has 0 saturated carbocycles. The van der Waals surface area contributed by atoms with E-state index in [1.54, 1.807) is 5.48 Å². The fraction of sp³-hybridized carbons (Fsp3) is 0.382. The molecule has 1 unspecified atom stereocenters. The minimum Gasteiger partial charge on any atom is -0.457 e. The molecular formula is C34H43N3O5. The minimum atomic E-state index is -0.823. The lowest BCUT2D eigenvalue weighted by atomic mass is 9.85. The van der Waals surface area contributed by atoms with Crippen molar-refractivity contribution in [2.24, 2.45) is 11.3 Å². The van der Waals surface area contributed by atoms with Crippen molar-refractivity contribution in [2.75, 3.05) is 0 Å². The number of hydrogen-bond donors (Lipinski definition) is 4. The third kappa shape index (κ3) is 9.73. The monoisotopic (exact) mass is 573 g/mol. The highest BCUT2D eigenvalue weighted by atomic mass is 16.5. The van der Waals surface area contributed by atoms with Crippen LogP contribution in [0.4, 0.5) is 0 Å². The van der Waals surface area contributed by atoms with E-state index in [0.717, 1.165) is 28.2 Å². The van der Waals surface area contributed by atoms with Crippen LogP contribution in [0, 0.1) is 18.3 Å². The molecule has 4 N–H and O–H groups in total. The summed E-state index contributed by atoms with van der Waals surface area (Å²) in [7, 11) is 0. The molecule has 0 bridgehead atoms. The van der Waals surface area contributed by atoms with E-state index in [4.69, 9.17) is 9.94 Å². The first-order chi connectivity index (χ1) is 20.0. The van der Waals surface area contributed by atoms with Crippen LogP contribution in [0.15, 0.2) is 78.9 Å². The van der Waals surface area contributed by atoms with Crippen LogP contribution in [-0.2, 0) is 20.8 Å². The van der Waals surface area contributed by atoms with Gasteiger partial charge in [0.1, 0.15) is 17.5 Å². The van der Waals surface area contributed by atoms with E-state index in [-0.39, 0.29) is 18.4 Å². The first-order valence-electron chi connectivity index (χ1n) is 14.4. The van der Waals surface area contributed by atoms with Crippen molar-refractivity contribution in [1.82, 2.24) is 16.1 Å². The van der Waals surface area contributed by atoms with Gasteiger partial charge < -0.3 is 15.4 Å². The van der Waals surface area contributed by atoms with Gasteiger partial charge in [-0.05, 0) is 73.4 Å². The zero-order chi connectivity index (χ0) is 30.7. The van der Waals surface area contributed by atoms with Crippen molar-refractivity contribution < 1.29 is 24.3 Å². The molecule has 0 fully saturated rings. The summed E-state index contributed by atoms with van der Waals surface area (Å²) in [5.74, 6) is -0.531. The van der Waals surface area contributed by atoms with Crippen molar-refractivity contribution in [3.63, 3.8) is 0 Å². The van der Waals surface area contributed by atoms with Crippen molar-refractivity contribution in [2.45, 2.75) is 72.4 Å². The Hall–Kier alpha value is -4.17. The molecule has 3 aromatic rings. The van der Waals surface area contributed by atoms with Crippen LogP contribution in [0.2, 0.25) is 0 Å². The number of nitrogens with one attached hydrogen (secondary N) is 3. The molecule has 0 heterocycles. The Morgan fingerprint density at radius 1 is 0.881 bits per heavy atom. The van der Waals surface area contributed by atoms with Gasteiger partial charge >= 0.3 is 0 Å². The van der Waals surface area contributed by atoms with Crippen LogP contribution in [-0.4, -0.2) is 29.0 Å². The maximum absolute atomic E-state index is 13.5. The van der Waals surface area contributed by atoms with E-state index in [1.807, 2.05) is 107 Å². The van der Waals surface area contributed by atoms with E-state index in [0.29, 0.717) is 19.3 Å². The van der Waals surface area contributed by atoms with Crippen LogP contribution >= 0.6 is 0 Å². The largest absolute Gasteiger partial charge is 0.457 e. The number of carbonyl (C=O) groups excluding carboxylic acids is 3. The molecule has 0 aliphatic rings. The summed E-state index contributed by atoms with van der Waals surface area (Å²) in [5.41, 5.74) is 4.08. The van der Waals surface area contributed by atoms with Crippen LogP contribution in [0.25, 0.3) is 0 Å². The van der Waals surface area contributed by atoms with Crippen molar-refractivity contribution in [3.8, 4) is 11.5 Å². The zero-order valence-electron chi connectivity index (χ0n) is 25.1. The molecule has 42 heavy (non-hydrogen) atoms. The summed E-state index contributed by atoms with van der Waals surface area (Å²) in [6.07, 6.45) is 1.53. The molecule has 0 radical (unpaired) electrons. The number of para-hydroxylation sites is 1. The molecule has 0 aliphatic heterocycles. The Balaban J connectivity index is 1.64. The van der Waals surface area contributed by atoms with Gasteiger partial charge in [-0.2, -0.15) is 0 Å². The quantitative estimate of drug-likeness (QED) is 0.147. The standard InChI is InChI=1S/C34H43N3O5/c1-23-21-25(19-20-29(23)42-28-17-10-7-11-18-28)13-12-16-27(22-30(38)37-41)32(39)36-31(34(3,4)5)33(40)35-24(2)26-14-8-6-9-15-26/h6-11,14-15,17-21,24,27,31,41H,12-13,16,22H2,1-5H3,(H,35,40)(H,36,39)(H,37,38)/t24?,27-,31-/m1/s1. The summed E-state index contributed by atoms with van der Waals surface area (Å²) >= 11 is 0. The average molecular weight is 574 g/mol. The molecule has 3 atom stereocenters. The Morgan fingerprint density at radius 2 is 1.52 bits per heavy atom. The molecule has 8 nitrogen and oxygen atoms in total. The number of rotatable bonds is 13. The molecule has 0 spiro atoms. The van der Waals surface area contributed by atoms with Gasteiger partial charge in [0, 0.05) is 12.3 Å². The first kappa shape index (κ1) is 32.3. The SMILES string of the molecule is Cc1cc(CCC[C@H](CC(=O)NO)C(=O)N[C@H](C(=O)NC(C)c2ccccc2)C(C)(C)C)ccc1Oc1ccccc1. The maximum Gasteiger partial charge on any atom is 0.244 e.